The molecule has 1 aromatic rings. The van der Waals surface area contributed by atoms with Crippen molar-refractivity contribution < 1.29 is 8.42 Å². The number of hydrogen-bond donors (Lipinski definition) is 0. The molecule has 4 nitrogen and oxygen atoms in total. The SMILES string of the molecule is CCCCN(C#N)S(=O)(=O)c1ccc(C)cc1. The highest BCUT2D eigenvalue weighted by Gasteiger charge is 2.22. The zero-order chi connectivity index (χ0) is 12.9. The van der Waals surface area contributed by atoms with Crippen molar-refractivity contribution in [1.29, 1.82) is 5.26 Å². The summed E-state index contributed by atoms with van der Waals surface area (Å²) >= 11 is 0. The molecule has 0 bridgehead atoms. The molecule has 5 heteroatoms. The zero-order valence-corrected chi connectivity index (χ0v) is 10.9. The molecule has 0 radical (unpaired) electrons. The van der Waals surface area contributed by atoms with Gasteiger partial charge in [-0.2, -0.15) is 5.26 Å². The molecule has 0 aliphatic carbocycles. The van der Waals surface area contributed by atoms with E-state index in [1.165, 1.54) is 12.1 Å². The summed E-state index contributed by atoms with van der Waals surface area (Å²) in [6.45, 7) is 4.08. The van der Waals surface area contributed by atoms with E-state index in [0.717, 1.165) is 16.3 Å². The summed E-state index contributed by atoms with van der Waals surface area (Å²) in [6, 6.07) is 6.51. The van der Waals surface area contributed by atoms with E-state index in [-0.39, 0.29) is 11.4 Å². The lowest BCUT2D eigenvalue weighted by Gasteiger charge is -2.15. The van der Waals surface area contributed by atoms with E-state index in [0.29, 0.717) is 6.42 Å². The summed E-state index contributed by atoms with van der Waals surface area (Å²) in [5, 5.41) is 8.90. The third-order valence-electron chi connectivity index (χ3n) is 2.44. The summed E-state index contributed by atoms with van der Waals surface area (Å²) in [5.41, 5.74) is 0.987. The van der Waals surface area contributed by atoms with Gasteiger partial charge in [0.1, 0.15) is 0 Å². The van der Waals surface area contributed by atoms with Gasteiger partial charge in [0.2, 0.25) is 0 Å². The average molecular weight is 252 g/mol. The van der Waals surface area contributed by atoms with E-state index in [9.17, 15) is 8.42 Å². The van der Waals surface area contributed by atoms with Crippen LogP contribution in [0, 0.1) is 18.4 Å². The Morgan fingerprint density at radius 1 is 1.29 bits per heavy atom. The fourth-order valence-electron chi connectivity index (χ4n) is 1.36. The second-order valence-electron chi connectivity index (χ2n) is 3.84. The number of sulfonamides is 1. The van der Waals surface area contributed by atoms with E-state index >= 15 is 0 Å². The Balaban J connectivity index is 3.01. The summed E-state index contributed by atoms with van der Waals surface area (Å²) in [7, 11) is -3.67. The fraction of sp³-hybridized carbons (Fsp3) is 0.417. The van der Waals surface area contributed by atoms with Crippen LogP contribution in [0.4, 0.5) is 0 Å². The van der Waals surface area contributed by atoms with Gasteiger partial charge in [-0.25, -0.2) is 12.7 Å². The molecule has 0 atom stereocenters. The van der Waals surface area contributed by atoms with Gasteiger partial charge in [-0.1, -0.05) is 31.0 Å². The second-order valence-corrected chi connectivity index (χ2v) is 5.71. The Labute approximate surface area is 103 Å². The van der Waals surface area contributed by atoms with Gasteiger partial charge in [0.05, 0.1) is 4.90 Å². The molecule has 0 aliphatic heterocycles. The first-order valence-electron chi connectivity index (χ1n) is 5.51. The van der Waals surface area contributed by atoms with E-state index < -0.39 is 10.0 Å². The smallest absolute Gasteiger partial charge is 0.202 e. The second kappa shape index (κ2) is 5.69. The predicted molar refractivity (Wildman–Crippen MR) is 65.6 cm³/mol. The summed E-state index contributed by atoms with van der Waals surface area (Å²) in [5.74, 6) is 0. The normalized spacial score (nSPS) is 10.9. The number of hydrogen-bond acceptors (Lipinski definition) is 3. The number of unbranched alkanes of at least 4 members (excludes halogenated alkanes) is 1. The predicted octanol–water partition coefficient (Wildman–Crippen LogP) is 2.27. The van der Waals surface area contributed by atoms with Gasteiger partial charge < -0.3 is 0 Å². The van der Waals surface area contributed by atoms with Gasteiger partial charge in [-0.3, -0.25) is 0 Å². The van der Waals surface area contributed by atoms with E-state index in [1.54, 1.807) is 18.3 Å². The lowest BCUT2D eigenvalue weighted by atomic mass is 10.2. The maximum absolute atomic E-state index is 12.1. The minimum Gasteiger partial charge on any atom is -0.202 e. The Morgan fingerprint density at radius 3 is 2.35 bits per heavy atom. The molecular formula is C12H16N2O2S. The molecule has 0 saturated carbocycles. The third-order valence-corrected chi connectivity index (χ3v) is 4.15. The molecule has 0 saturated heterocycles. The lowest BCUT2D eigenvalue weighted by Crippen LogP contribution is -2.27. The van der Waals surface area contributed by atoms with Crippen LogP contribution in [0.25, 0.3) is 0 Å². The molecular weight excluding hydrogens is 236 g/mol. The summed E-state index contributed by atoms with van der Waals surface area (Å²) in [4.78, 5) is 0.167. The van der Waals surface area contributed by atoms with Gasteiger partial charge in [-0.05, 0) is 25.5 Å². The standard InChI is InChI=1S/C12H16N2O2S/c1-3-4-9-14(10-13)17(15,16)12-7-5-11(2)6-8-12/h5-8H,3-4,9H2,1-2H3. The van der Waals surface area contributed by atoms with Gasteiger partial charge in [0.25, 0.3) is 10.0 Å². The molecule has 1 aromatic carbocycles. The first kappa shape index (κ1) is 13.5. The minimum atomic E-state index is -3.67. The average Bonchev–Trinajstić information content (AvgIpc) is 2.30. The number of benzene rings is 1. The van der Waals surface area contributed by atoms with Crippen molar-refractivity contribution in [3.05, 3.63) is 29.8 Å². The van der Waals surface area contributed by atoms with Crippen LogP contribution in [0.1, 0.15) is 25.3 Å². The molecule has 0 unspecified atom stereocenters. The molecule has 92 valence electrons. The van der Waals surface area contributed by atoms with Crippen molar-refractivity contribution in [1.82, 2.24) is 4.31 Å². The van der Waals surface area contributed by atoms with Gasteiger partial charge in [0.15, 0.2) is 6.19 Å². The highest BCUT2D eigenvalue weighted by Crippen LogP contribution is 2.16. The largest absolute Gasteiger partial charge is 0.272 e. The highest BCUT2D eigenvalue weighted by atomic mass is 32.2. The Hall–Kier alpha value is -1.54. The number of nitrogens with zero attached hydrogens (tertiary/aromatic N) is 2. The van der Waals surface area contributed by atoms with Crippen LogP contribution < -0.4 is 0 Å². The summed E-state index contributed by atoms with van der Waals surface area (Å²) < 4.78 is 25.0. The Bertz CT molecular complexity index is 500. The van der Waals surface area contributed by atoms with Crippen molar-refractivity contribution >= 4 is 10.0 Å². The van der Waals surface area contributed by atoms with Crippen molar-refractivity contribution in [3.8, 4) is 6.19 Å². The molecule has 0 spiro atoms. The van der Waals surface area contributed by atoms with Crippen LogP contribution in [0.5, 0.6) is 0 Å². The maximum Gasteiger partial charge on any atom is 0.272 e. The van der Waals surface area contributed by atoms with Crippen LogP contribution in [-0.2, 0) is 10.0 Å². The van der Waals surface area contributed by atoms with Gasteiger partial charge in [0, 0.05) is 6.54 Å². The molecule has 0 amide bonds. The van der Waals surface area contributed by atoms with Gasteiger partial charge >= 0.3 is 0 Å². The fourth-order valence-corrected chi connectivity index (χ4v) is 2.57. The van der Waals surface area contributed by atoms with Crippen LogP contribution >= 0.6 is 0 Å². The van der Waals surface area contributed by atoms with Gasteiger partial charge in [-0.15, -0.1) is 0 Å². The highest BCUT2D eigenvalue weighted by molar-refractivity contribution is 7.89. The molecule has 0 aliphatic rings. The molecule has 0 fully saturated rings. The summed E-state index contributed by atoms with van der Waals surface area (Å²) in [6.07, 6.45) is 3.26. The Kier molecular flexibility index (Phi) is 4.53. The molecule has 0 N–H and O–H groups in total. The quantitative estimate of drug-likeness (QED) is 0.596. The van der Waals surface area contributed by atoms with Crippen molar-refractivity contribution in [2.45, 2.75) is 31.6 Å². The monoisotopic (exact) mass is 252 g/mol. The molecule has 1 rings (SSSR count). The number of rotatable bonds is 5. The zero-order valence-electron chi connectivity index (χ0n) is 10.0. The van der Waals surface area contributed by atoms with E-state index in [4.69, 9.17) is 5.26 Å². The first-order valence-corrected chi connectivity index (χ1v) is 6.95. The molecule has 0 aromatic heterocycles. The van der Waals surface area contributed by atoms with Crippen LogP contribution in [0.2, 0.25) is 0 Å². The minimum absolute atomic E-state index is 0.167. The Morgan fingerprint density at radius 2 is 1.88 bits per heavy atom. The van der Waals surface area contributed by atoms with E-state index in [2.05, 4.69) is 0 Å². The van der Waals surface area contributed by atoms with Crippen LogP contribution in [-0.4, -0.2) is 19.3 Å². The topological polar surface area (TPSA) is 61.2 Å². The number of nitriles is 1. The lowest BCUT2D eigenvalue weighted by molar-refractivity contribution is 0.496. The maximum atomic E-state index is 12.1. The number of aryl methyl sites for hydroxylation is 1. The van der Waals surface area contributed by atoms with Crippen molar-refractivity contribution in [3.63, 3.8) is 0 Å². The van der Waals surface area contributed by atoms with Crippen LogP contribution in [0.15, 0.2) is 29.2 Å². The first-order chi connectivity index (χ1) is 8.02. The van der Waals surface area contributed by atoms with Crippen molar-refractivity contribution in [2.75, 3.05) is 6.54 Å². The third kappa shape index (κ3) is 3.21. The molecule has 17 heavy (non-hydrogen) atoms. The van der Waals surface area contributed by atoms with Crippen LogP contribution in [0.3, 0.4) is 0 Å². The van der Waals surface area contributed by atoms with E-state index in [1.807, 2.05) is 13.8 Å². The molecule has 0 heterocycles. The van der Waals surface area contributed by atoms with Crippen molar-refractivity contribution in [2.24, 2.45) is 0 Å².